The Labute approximate surface area is 129 Å². The van der Waals surface area contributed by atoms with Gasteiger partial charge >= 0.3 is 0 Å². The average molecular weight is 297 g/mol. The molecule has 1 saturated carbocycles. The van der Waals surface area contributed by atoms with E-state index < -0.39 is 0 Å². The minimum Gasteiger partial charge on any atom is -0.486 e. The highest BCUT2D eigenvalue weighted by Gasteiger charge is 2.48. The van der Waals surface area contributed by atoms with E-state index in [0.717, 1.165) is 43.2 Å². The third-order valence-corrected chi connectivity index (χ3v) is 4.92. The Bertz CT molecular complexity index is 737. The van der Waals surface area contributed by atoms with E-state index in [1.165, 1.54) is 6.42 Å². The monoisotopic (exact) mass is 297 g/mol. The molecule has 114 valence electrons. The predicted octanol–water partition coefficient (Wildman–Crippen LogP) is 1.94. The second-order valence-corrected chi connectivity index (χ2v) is 6.38. The van der Waals surface area contributed by atoms with Crippen LogP contribution < -0.4 is 4.74 Å². The number of likely N-dealkylation sites (tertiary alicyclic amines) is 1. The first-order valence-electron chi connectivity index (χ1n) is 7.80. The molecule has 2 aromatic rings. The highest BCUT2D eigenvalue weighted by molar-refractivity contribution is 5.40. The fourth-order valence-corrected chi connectivity index (χ4v) is 3.47. The van der Waals surface area contributed by atoms with Gasteiger partial charge in [-0.2, -0.15) is 10.4 Å². The number of nitriles is 1. The van der Waals surface area contributed by atoms with Crippen LogP contribution in [-0.2, 0) is 0 Å². The molecule has 2 aromatic heterocycles. The minimum atomic E-state index is 0.140. The van der Waals surface area contributed by atoms with E-state index in [1.54, 1.807) is 4.52 Å². The van der Waals surface area contributed by atoms with Crippen molar-refractivity contribution < 1.29 is 4.74 Å². The summed E-state index contributed by atoms with van der Waals surface area (Å²) in [6, 6.07) is 6.22. The molecule has 0 aromatic carbocycles. The minimum absolute atomic E-state index is 0.140. The second-order valence-electron chi connectivity index (χ2n) is 6.38. The number of pyridine rings is 1. The molecule has 1 aliphatic carbocycles. The van der Waals surface area contributed by atoms with Gasteiger partial charge in [0.1, 0.15) is 17.7 Å². The van der Waals surface area contributed by atoms with Crippen molar-refractivity contribution in [3.8, 4) is 11.8 Å². The van der Waals surface area contributed by atoms with Gasteiger partial charge in [0.2, 0.25) is 0 Å². The fourth-order valence-electron chi connectivity index (χ4n) is 3.47. The van der Waals surface area contributed by atoms with Crippen LogP contribution in [0.25, 0.3) is 5.65 Å². The van der Waals surface area contributed by atoms with Gasteiger partial charge < -0.3 is 4.74 Å². The number of nitrogens with zero attached hydrogens (tertiary/aromatic N) is 5. The summed E-state index contributed by atoms with van der Waals surface area (Å²) in [5.41, 5.74) is 0.976. The van der Waals surface area contributed by atoms with Gasteiger partial charge in [0, 0.05) is 18.6 Å². The molecule has 4 rings (SSSR count). The molecule has 2 fully saturated rings. The van der Waals surface area contributed by atoms with Crippen LogP contribution in [0.1, 0.15) is 31.5 Å². The van der Waals surface area contributed by atoms with E-state index in [-0.39, 0.29) is 11.6 Å². The molecular weight excluding hydrogens is 278 g/mol. The summed E-state index contributed by atoms with van der Waals surface area (Å²) in [7, 11) is 0. The van der Waals surface area contributed by atoms with Gasteiger partial charge in [-0.1, -0.05) is 0 Å². The van der Waals surface area contributed by atoms with Crippen LogP contribution in [0, 0.1) is 18.3 Å². The Morgan fingerprint density at radius 1 is 1.41 bits per heavy atom. The van der Waals surface area contributed by atoms with Crippen LogP contribution in [0.15, 0.2) is 18.3 Å². The lowest BCUT2D eigenvalue weighted by Crippen LogP contribution is -2.66. The molecule has 2 aliphatic rings. The van der Waals surface area contributed by atoms with Gasteiger partial charge in [-0.05, 0) is 38.3 Å². The van der Waals surface area contributed by atoms with Gasteiger partial charge in [-0.3, -0.25) is 4.90 Å². The van der Waals surface area contributed by atoms with Crippen LogP contribution >= 0.6 is 0 Å². The van der Waals surface area contributed by atoms with Crippen molar-refractivity contribution in [2.75, 3.05) is 13.1 Å². The Morgan fingerprint density at radius 2 is 2.23 bits per heavy atom. The van der Waals surface area contributed by atoms with E-state index in [4.69, 9.17) is 10.00 Å². The van der Waals surface area contributed by atoms with Crippen molar-refractivity contribution in [3.05, 3.63) is 24.2 Å². The first-order valence-corrected chi connectivity index (χ1v) is 7.80. The summed E-state index contributed by atoms with van der Waals surface area (Å²) in [5, 5.41) is 13.3. The number of aryl methyl sites for hydroxylation is 1. The fraction of sp³-hybridized carbons (Fsp3) is 0.562. The molecule has 0 atom stereocenters. The van der Waals surface area contributed by atoms with Crippen LogP contribution in [0.3, 0.4) is 0 Å². The molecule has 0 spiro atoms. The van der Waals surface area contributed by atoms with E-state index in [2.05, 4.69) is 21.1 Å². The van der Waals surface area contributed by atoms with Crippen molar-refractivity contribution >= 4 is 5.65 Å². The molecule has 22 heavy (non-hydrogen) atoms. The molecule has 6 heteroatoms. The maximum atomic E-state index is 9.02. The Morgan fingerprint density at radius 3 is 2.91 bits per heavy atom. The molecular formula is C16H19N5O. The number of ether oxygens (including phenoxy) is 1. The first-order chi connectivity index (χ1) is 10.7. The van der Waals surface area contributed by atoms with Gasteiger partial charge in [-0.25, -0.2) is 9.50 Å². The highest BCUT2D eigenvalue weighted by Crippen LogP contribution is 2.43. The molecule has 0 amide bonds. The first kappa shape index (κ1) is 13.5. The zero-order chi connectivity index (χ0) is 15.2. The van der Waals surface area contributed by atoms with E-state index in [1.807, 2.05) is 25.3 Å². The van der Waals surface area contributed by atoms with Crippen LogP contribution in [0.2, 0.25) is 0 Å². The number of hydrogen-bond acceptors (Lipinski definition) is 5. The lowest BCUT2D eigenvalue weighted by Gasteiger charge is -2.55. The number of hydrogen-bond donors (Lipinski definition) is 0. The standard InChI is InChI=1S/C16H19N5O/c1-12-18-15-4-3-13(11-21(15)19-12)22-14-9-20(10-14)16(7-8-17)5-2-6-16/h3-4,11,14H,2,5-7,9-10H2,1H3. The lowest BCUT2D eigenvalue weighted by molar-refractivity contribution is -0.0873. The Kier molecular flexibility index (Phi) is 3.05. The number of fused-ring (bicyclic) bond motifs is 1. The maximum Gasteiger partial charge on any atom is 0.155 e. The summed E-state index contributed by atoms with van der Waals surface area (Å²) in [6.07, 6.45) is 6.27. The molecule has 3 heterocycles. The van der Waals surface area contributed by atoms with Gasteiger partial charge in [-0.15, -0.1) is 0 Å². The highest BCUT2D eigenvalue weighted by atomic mass is 16.5. The van der Waals surface area contributed by atoms with Crippen molar-refractivity contribution in [2.24, 2.45) is 0 Å². The van der Waals surface area contributed by atoms with Crippen molar-refractivity contribution in [1.29, 1.82) is 5.26 Å². The molecule has 0 radical (unpaired) electrons. The molecule has 1 saturated heterocycles. The van der Waals surface area contributed by atoms with Crippen LogP contribution in [0.4, 0.5) is 0 Å². The predicted molar refractivity (Wildman–Crippen MR) is 80.5 cm³/mol. The molecule has 6 nitrogen and oxygen atoms in total. The average Bonchev–Trinajstić information content (AvgIpc) is 2.78. The lowest BCUT2D eigenvalue weighted by atomic mass is 9.71. The SMILES string of the molecule is Cc1nc2ccc(OC3CN(C4(CC#N)CCC4)C3)cn2n1. The Hall–Kier alpha value is -2.13. The zero-order valence-electron chi connectivity index (χ0n) is 12.7. The van der Waals surface area contributed by atoms with E-state index in [9.17, 15) is 0 Å². The summed E-state index contributed by atoms with van der Waals surface area (Å²) in [4.78, 5) is 6.73. The summed E-state index contributed by atoms with van der Waals surface area (Å²) >= 11 is 0. The maximum absolute atomic E-state index is 9.02. The number of aromatic nitrogens is 3. The molecule has 0 N–H and O–H groups in total. The normalized spacial score (nSPS) is 21.1. The van der Waals surface area contributed by atoms with Crippen LogP contribution in [-0.4, -0.2) is 44.2 Å². The van der Waals surface area contributed by atoms with Gasteiger partial charge in [0.15, 0.2) is 5.65 Å². The quantitative estimate of drug-likeness (QED) is 0.862. The summed E-state index contributed by atoms with van der Waals surface area (Å²) in [5.74, 6) is 1.58. The summed E-state index contributed by atoms with van der Waals surface area (Å²) < 4.78 is 7.78. The summed E-state index contributed by atoms with van der Waals surface area (Å²) in [6.45, 7) is 3.71. The van der Waals surface area contributed by atoms with Crippen molar-refractivity contribution in [1.82, 2.24) is 19.5 Å². The topological polar surface area (TPSA) is 66.5 Å². The van der Waals surface area contributed by atoms with Gasteiger partial charge in [0.05, 0.1) is 18.7 Å². The largest absolute Gasteiger partial charge is 0.486 e. The van der Waals surface area contributed by atoms with E-state index in [0.29, 0.717) is 6.42 Å². The smallest absolute Gasteiger partial charge is 0.155 e. The zero-order valence-corrected chi connectivity index (χ0v) is 12.7. The second kappa shape index (κ2) is 4.96. The van der Waals surface area contributed by atoms with E-state index >= 15 is 0 Å². The number of rotatable bonds is 4. The van der Waals surface area contributed by atoms with Crippen molar-refractivity contribution in [3.63, 3.8) is 0 Å². The molecule has 1 aliphatic heterocycles. The van der Waals surface area contributed by atoms with Crippen molar-refractivity contribution in [2.45, 2.75) is 44.2 Å². The third-order valence-electron chi connectivity index (χ3n) is 4.92. The molecule has 0 bridgehead atoms. The van der Waals surface area contributed by atoms with Gasteiger partial charge in [0.25, 0.3) is 0 Å². The Balaban J connectivity index is 1.40. The molecule has 0 unspecified atom stereocenters. The third kappa shape index (κ3) is 2.13. The van der Waals surface area contributed by atoms with Crippen LogP contribution in [0.5, 0.6) is 5.75 Å².